The Morgan fingerprint density at radius 2 is 2.05 bits per heavy atom. The zero-order chi connectivity index (χ0) is 14.4. The van der Waals surface area contributed by atoms with Crippen molar-refractivity contribution in [2.45, 2.75) is 6.42 Å². The topological polar surface area (TPSA) is 61.7 Å². The molecule has 2 aromatic rings. The average molecular weight is 289 g/mol. The number of benzene rings is 2. The number of halogens is 1. The van der Waals surface area contributed by atoms with Crippen LogP contribution in [-0.2, 0) is 11.2 Å². The third-order valence-electron chi connectivity index (χ3n) is 2.57. The quantitative estimate of drug-likeness (QED) is 0.671. The lowest BCUT2D eigenvalue weighted by atomic mass is 10.1. The Balaban J connectivity index is 1.91. The van der Waals surface area contributed by atoms with E-state index < -0.39 is 0 Å². The highest BCUT2D eigenvalue weighted by molar-refractivity contribution is 6.33. The van der Waals surface area contributed by atoms with E-state index in [0.717, 1.165) is 11.1 Å². The lowest BCUT2D eigenvalue weighted by molar-refractivity contribution is -0.120. The highest BCUT2D eigenvalue weighted by Crippen LogP contribution is 2.12. The smallest absolute Gasteiger partial charge is 0.244 e. The molecule has 0 saturated heterocycles. The molecule has 5 heteroatoms. The standard InChI is InChI=1S/C15H13ClN2O2/c16-14-7-2-1-5-12(14)10-17-18-15(20)9-11-4-3-6-13(19)8-11/h1-8,10,19H,9H2,(H,18,20)/b17-10+. The minimum absolute atomic E-state index is 0.134. The SMILES string of the molecule is O=C(Cc1cccc(O)c1)N/N=C/c1ccccc1Cl. The highest BCUT2D eigenvalue weighted by Gasteiger charge is 2.02. The number of hydrazone groups is 1. The third-order valence-corrected chi connectivity index (χ3v) is 2.92. The second-order valence-electron chi connectivity index (χ2n) is 4.16. The second kappa shape index (κ2) is 6.73. The maximum Gasteiger partial charge on any atom is 0.244 e. The number of amides is 1. The number of aromatic hydroxyl groups is 1. The van der Waals surface area contributed by atoms with Crippen LogP contribution in [0.3, 0.4) is 0 Å². The van der Waals surface area contributed by atoms with Crippen LogP contribution in [0.4, 0.5) is 0 Å². The van der Waals surface area contributed by atoms with Crippen molar-refractivity contribution in [3.8, 4) is 5.75 Å². The van der Waals surface area contributed by atoms with E-state index in [0.29, 0.717) is 5.02 Å². The molecule has 0 saturated carbocycles. The van der Waals surface area contributed by atoms with Gasteiger partial charge in [-0.15, -0.1) is 0 Å². The van der Waals surface area contributed by atoms with Crippen molar-refractivity contribution in [2.75, 3.05) is 0 Å². The molecule has 0 aromatic heterocycles. The molecule has 2 aromatic carbocycles. The Hall–Kier alpha value is -2.33. The molecule has 1 amide bonds. The normalized spacial score (nSPS) is 10.7. The molecule has 0 fully saturated rings. The van der Waals surface area contributed by atoms with E-state index in [1.807, 2.05) is 12.1 Å². The zero-order valence-corrected chi connectivity index (χ0v) is 11.3. The summed E-state index contributed by atoms with van der Waals surface area (Å²) in [6.07, 6.45) is 1.64. The van der Waals surface area contributed by atoms with Crippen LogP contribution in [-0.4, -0.2) is 17.2 Å². The summed E-state index contributed by atoms with van der Waals surface area (Å²) < 4.78 is 0. The van der Waals surface area contributed by atoms with Crippen molar-refractivity contribution in [3.05, 3.63) is 64.7 Å². The minimum atomic E-state index is -0.265. The minimum Gasteiger partial charge on any atom is -0.508 e. The number of hydrogen-bond donors (Lipinski definition) is 2. The third kappa shape index (κ3) is 4.10. The van der Waals surface area contributed by atoms with Gasteiger partial charge in [-0.25, -0.2) is 5.43 Å². The van der Waals surface area contributed by atoms with Gasteiger partial charge in [-0.3, -0.25) is 4.79 Å². The molecule has 20 heavy (non-hydrogen) atoms. The first-order chi connectivity index (χ1) is 9.65. The lowest BCUT2D eigenvalue weighted by Gasteiger charge is -2.01. The second-order valence-corrected chi connectivity index (χ2v) is 4.57. The first-order valence-corrected chi connectivity index (χ1v) is 6.37. The summed E-state index contributed by atoms with van der Waals surface area (Å²) >= 11 is 5.96. The van der Waals surface area contributed by atoms with Crippen LogP contribution < -0.4 is 5.43 Å². The van der Waals surface area contributed by atoms with E-state index in [4.69, 9.17) is 11.6 Å². The van der Waals surface area contributed by atoms with Crippen LogP contribution in [0.2, 0.25) is 5.02 Å². The van der Waals surface area contributed by atoms with Gasteiger partial charge in [0.05, 0.1) is 12.6 Å². The monoisotopic (exact) mass is 288 g/mol. The fourth-order valence-corrected chi connectivity index (χ4v) is 1.83. The molecule has 0 spiro atoms. The van der Waals surface area contributed by atoms with Crippen LogP contribution in [0.1, 0.15) is 11.1 Å². The van der Waals surface area contributed by atoms with E-state index in [1.165, 1.54) is 12.3 Å². The largest absolute Gasteiger partial charge is 0.508 e. The molecule has 2 N–H and O–H groups in total. The summed E-state index contributed by atoms with van der Waals surface area (Å²) in [5, 5.41) is 13.7. The zero-order valence-electron chi connectivity index (χ0n) is 10.6. The summed E-state index contributed by atoms with van der Waals surface area (Å²) in [6, 6.07) is 13.7. The Morgan fingerprint density at radius 3 is 2.80 bits per heavy atom. The fourth-order valence-electron chi connectivity index (χ4n) is 1.64. The molecule has 4 nitrogen and oxygen atoms in total. The van der Waals surface area contributed by atoms with Gasteiger partial charge in [0.1, 0.15) is 5.75 Å². The van der Waals surface area contributed by atoms with Gasteiger partial charge in [0.15, 0.2) is 0 Å². The molecule has 0 unspecified atom stereocenters. The molecule has 0 aliphatic carbocycles. The predicted molar refractivity (Wildman–Crippen MR) is 79.0 cm³/mol. The van der Waals surface area contributed by atoms with E-state index in [2.05, 4.69) is 10.5 Å². The summed E-state index contributed by atoms with van der Waals surface area (Å²) in [6.45, 7) is 0. The maximum absolute atomic E-state index is 11.7. The molecule has 0 heterocycles. The Labute approximate surface area is 121 Å². The molecule has 2 rings (SSSR count). The summed E-state index contributed by atoms with van der Waals surface area (Å²) in [5.74, 6) is -0.131. The highest BCUT2D eigenvalue weighted by atomic mass is 35.5. The molecular formula is C15H13ClN2O2. The van der Waals surface area contributed by atoms with E-state index in [-0.39, 0.29) is 18.1 Å². The molecule has 0 bridgehead atoms. The number of phenolic OH excluding ortho intramolecular Hbond substituents is 1. The molecular weight excluding hydrogens is 276 g/mol. The number of carbonyl (C=O) groups is 1. The van der Waals surface area contributed by atoms with E-state index in [9.17, 15) is 9.90 Å². The van der Waals surface area contributed by atoms with E-state index >= 15 is 0 Å². The molecule has 0 aliphatic heterocycles. The van der Waals surface area contributed by atoms with Crippen molar-refractivity contribution in [3.63, 3.8) is 0 Å². The number of nitrogens with one attached hydrogen (secondary N) is 1. The molecule has 0 aliphatic rings. The van der Waals surface area contributed by atoms with Gasteiger partial charge < -0.3 is 5.11 Å². The summed E-state index contributed by atoms with van der Waals surface area (Å²) in [4.78, 5) is 11.7. The number of rotatable bonds is 4. The Bertz CT molecular complexity index is 641. The van der Waals surface area contributed by atoms with Crippen LogP contribution in [0.25, 0.3) is 0 Å². The Kier molecular flexibility index (Phi) is 4.74. The first-order valence-electron chi connectivity index (χ1n) is 5.99. The molecule has 0 atom stereocenters. The van der Waals surface area contributed by atoms with Crippen LogP contribution >= 0.6 is 11.6 Å². The summed E-state index contributed by atoms with van der Waals surface area (Å²) in [5.41, 5.74) is 3.86. The van der Waals surface area contributed by atoms with Gasteiger partial charge in [-0.2, -0.15) is 5.10 Å². The first kappa shape index (κ1) is 14.1. The van der Waals surface area contributed by atoms with Crippen molar-refractivity contribution in [2.24, 2.45) is 5.10 Å². The van der Waals surface area contributed by atoms with Crippen molar-refractivity contribution in [1.82, 2.24) is 5.43 Å². The van der Waals surface area contributed by atoms with Crippen LogP contribution in [0.15, 0.2) is 53.6 Å². The number of hydrogen-bond acceptors (Lipinski definition) is 3. The van der Waals surface area contributed by atoms with Crippen molar-refractivity contribution < 1.29 is 9.90 Å². The van der Waals surface area contributed by atoms with Crippen LogP contribution in [0.5, 0.6) is 5.75 Å². The fraction of sp³-hybridized carbons (Fsp3) is 0.0667. The Morgan fingerprint density at radius 1 is 1.25 bits per heavy atom. The number of phenols is 1. The predicted octanol–water partition coefficient (Wildman–Crippen LogP) is 2.74. The van der Waals surface area contributed by atoms with Gasteiger partial charge >= 0.3 is 0 Å². The number of nitrogens with zero attached hydrogens (tertiary/aromatic N) is 1. The average Bonchev–Trinajstić information content (AvgIpc) is 2.41. The number of carbonyl (C=O) groups excluding carboxylic acids is 1. The van der Waals surface area contributed by atoms with Crippen molar-refractivity contribution >= 4 is 23.7 Å². The van der Waals surface area contributed by atoms with Crippen molar-refractivity contribution in [1.29, 1.82) is 0 Å². The van der Waals surface area contributed by atoms with Gasteiger partial charge in [0.25, 0.3) is 0 Å². The van der Waals surface area contributed by atoms with Gasteiger partial charge in [-0.05, 0) is 23.8 Å². The molecule has 0 radical (unpaired) electrons. The van der Waals surface area contributed by atoms with Gasteiger partial charge in [0.2, 0.25) is 5.91 Å². The van der Waals surface area contributed by atoms with Gasteiger partial charge in [-0.1, -0.05) is 41.9 Å². The van der Waals surface area contributed by atoms with E-state index in [1.54, 1.807) is 30.3 Å². The maximum atomic E-state index is 11.7. The van der Waals surface area contributed by atoms with Crippen LogP contribution in [0, 0.1) is 0 Å². The molecule has 102 valence electrons. The lowest BCUT2D eigenvalue weighted by Crippen LogP contribution is -2.19. The summed E-state index contributed by atoms with van der Waals surface area (Å²) in [7, 11) is 0. The van der Waals surface area contributed by atoms with Gasteiger partial charge in [0, 0.05) is 10.6 Å².